The second kappa shape index (κ2) is 2.91. The van der Waals surface area contributed by atoms with Gasteiger partial charge in [-0.25, -0.2) is 0 Å². The molecule has 3 nitrogen and oxygen atoms in total. The van der Waals surface area contributed by atoms with Crippen LogP contribution in [0.4, 0.5) is 0 Å². The van der Waals surface area contributed by atoms with Crippen molar-refractivity contribution in [3.05, 3.63) is 0 Å². The van der Waals surface area contributed by atoms with Crippen molar-refractivity contribution >= 4 is 37.9 Å². The van der Waals surface area contributed by atoms with Crippen LogP contribution < -0.4 is 0 Å². The van der Waals surface area contributed by atoms with Gasteiger partial charge in [0.05, 0.1) is 0 Å². The molecule has 0 saturated carbocycles. The molecule has 0 amide bonds. The van der Waals surface area contributed by atoms with Crippen LogP contribution in [-0.4, -0.2) is 15.3 Å². The first-order chi connectivity index (χ1) is 3.55. The third-order valence-electron chi connectivity index (χ3n) is 0.549. The lowest BCUT2D eigenvalue weighted by Crippen LogP contribution is -2.14. The van der Waals surface area contributed by atoms with Crippen LogP contribution in [0.3, 0.4) is 0 Å². The minimum atomic E-state index is -0.505. The van der Waals surface area contributed by atoms with Gasteiger partial charge in [0.25, 0.3) is 0 Å². The lowest BCUT2D eigenvalue weighted by Gasteiger charge is -1.84. The van der Waals surface area contributed by atoms with Gasteiger partial charge in [-0.2, -0.15) is 0 Å². The van der Waals surface area contributed by atoms with Crippen molar-refractivity contribution < 1.29 is 9.59 Å². The van der Waals surface area contributed by atoms with Gasteiger partial charge in [-0.05, 0) is 0 Å². The second-order valence-corrected chi connectivity index (χ2v) is 2.18. The second-order valence-electron chi connectivity index (χ2n) is 1.20. The van der Waals surface area contributed by atoms with Gasteiger partial charge in [0.2, 0.25) is 3.79 Å². The summed E-state index contributed by atoms with van der Waals surface area (Å²) in [5, 5.41) is 6.69. The third-order valence-corrected chi connectivity index (χ3v) is 1.09. The Labute approximate surface area is 60.1 Å². The summed E-state index contributed by atoms with van der Waals surface area (Å²) in [6.45, 7) is 1.19. The van der Waals surface area contributed by atoms with Gasteiger partial charge in [-0.1, -0.05) is 0 Å². The smallest absolute Gasteiger partial charge is 0.243 e. The number of Topliss-reactive ketones (excluding diaryl/α,β-unsaturated/α-hetero) is 1. The maximum atomic E-state index is 10.1. The van der Waals surface area contributed by atoms with Gasteiger partial charge >= 0.3 is 0 Å². The molecule has 0 aliphatic carbocycles. The molecule has 0 spiro atoms. The van der Waals surface area contributed by atoms with E-state index in [1.807, 2.05) is 0 Å². The molecule has 0 radical (unpaired) electrons. The number of hydrogen-bond acceptors (Lipinski definition) is 3. The Balaban J connectivity index is 4.05. The molecule has 1 N–H and O–H groups in total. The molecule has 0 fully saturated rings. The van der Waals surface area contributed by atoms with Crippen molar-refractivity contribution in [2.45, 2.75) is 6.92 Å². The van der Waals surface area contributed by atoms with Gasteiger partial charge in [-0.3, -0.25) is 15.0 Å². The van der Waals surface area contributed by atoms with Crippen LogP contribution in [0.25, 0.3) is 0 Å². The third kappa shape index (κ3) is 2.15. The fraction of sp³-hybridized carbons (Fsp3) is 0.250. The molecule has 0 heterocycles. The summed E-state index contributed by atoms with van der Waals surface area (Å²) in [5.74, 6) is -0.482. The number of ketones is 1. The molecule has 0 unspecified atom stereocenters. The van der Waals surface area contributed by atoms with Crippen molar-refractivity contribution in [1.82, 2.24) is 0 Å². The molecule has 0 aliphatic heterocycles. The highest BCUT2D eigenvalue weighted by Gasteiger charge is 2.08. The Morgan fingerprint density at radius 2 is 1.88 bits per heavy atom. The molecule has 0 aliphatic rings. The Morgan fingerprint density at radius 1 is 1.50 bits per heavy atom. The Hall–Kier alpha value is -0.260. The maximum absolute atomic E-state index is 10.1. The number of rotatable bonds is 2. The van der Waals surface area contributed by atoms with Crippen LogP contribution in [0, 0.1) is 5.41 Å². The van der Waals surface area contributed by atoms with Crippen molar-refractivity contribution in [1.29, 1.82) is 5.41 Å². The molecule has 44 valence electrons. The van der Waals surface area contributed by atoms with E-state index in [0.29, 0.717) is 0 Å². The molecule has 0 aromatic carbocycles. The molecule has 0 aromatic rings. The topological polar surface area (TPSA) is 58.0 Å². The summed E-state index contributed by atoms with van der Waals surface area (Å²) in [5.41, 5.74) is -0.439. The van der Waals surface area contributed by atoms with Crippen LogP contribution in [0.15, 0.2) is 0 Å². The highest BCUT2D eigenvalue weighted by atomic mass is 127. The normalized spacial score (nSPS) is 8.25. The van der Waals surface area contributed by atoms with E-state index in [1.165, 1.54) is 29.5 Å². The van der Waals surface area contributed by atoms with E-state index in [4.69, 9.17) is 5.41 Å². The fourth-order valence-electron chi connectivity index (χ4n) is 0.138. The SMILES string of the molecule is CC(=O)C(=N)C(=O)I. The van der Waals surface area contributed by atoms with Gasteiger partial charge < -0.3 is 0 Å². The summed E-state index contributed by atoms with van der Waals surface area (Å²) >= 11 is 1.40. The van der Waals surface area contributed by atoms with E-state index in [9.17, 15) is 9.59 Å². The number of halogens is 1. The molecule has 0 rings (SSSR count). The molecule has 0 aromatic heterocycles. The van der Waals surface area contributed by atoms with Crippen molar-refractivity contribution in [2.24, 2.45) is 0 Å². The summed E-state index contributed by atoms with van der Waals surface area (Å²) in [6, 6.07) is 0. The standard InChI is InChI=1S/C4H4INO2/c1-2(7)3(6)4(5)8/h6H,1H3. The van der Waals surface area contributed by atoms with E-state index in [-0.39, 0.29) is 0 Å². The number of carbonyl (C=O) groups excluding carboxylic acids is 2. The van der Waals surface area contributed by atoms with Crippen LogP contribution in [-0.2, 0) is 9.59 Å². The van der Waals surface area contributed by atoms with Gasteiger partial charge in [0, 0.05) is 29.5 Å². The zero-order valence-corrected chi connectivity index (χ0v) is 6.35. The van der Waals surface area contributed by atoms with E-state index < -0.39 is 15.3 Å². The van der Waals surface area contributed by atoms with E-state index >= 15 is 0 Å². The van der Waals surface area contributed by atoms with E-state index in [0.717, 1.165) is 0 Å². The number of carbonyl (C=O) groups is 2. The molecule has 4 heteroatoms. The number of nitrogens with one attached hydrogen (secondary N) is 1. The summed E-state index contributed by atoms with van der Waals surface area (Å²) in [4.78, 5) is 20.3. The zero-order chi connectivity index (χ0) is 6.73. The van der Waals surface area contributed by atoms with Gasteiger partial charge in [0.1, 0.15) is 0 Å². The average Bonchev–Trinajstić information content (AvgIpc) is 1.64. The van der Waals surface area contributed by atoms with Gasteiger partial charge in [0.15, 0.2) is 11.5 Å². The molecule has 8 heavy (non-hydrogen) atoms. The molecular weight excluding hydrogens is 221 g/mol. The van der Waals surface area contributed by atoms with E-state index in [1.54, 1.807) is 0 Å². The zero-order valence-electron chi connectivity index (χ0n) is 4.19. The lowest BCUT2D eigenvalue weighted by atomic mass is 10.3. The van der Waals surface area contributed by atoms with Crippen molar-refractivity contribution in [3.8, 4) is 0 Å². The molecule has 0 atom stereocenters. The highest BCUT2D eigenvalue weighted by Crippen LogP contribution is 1.88. The minimum absolute atomic E-state index is 0.439. The highest BCUT2D eigenvalue weighted by molar-refractivity contribution is 14.1. The Kier molecular flexibility index (Phi) is 2.81. The van der Waals surface area contributed by atoms with Crippen LogP contribution in [0.5, 0.6) is 0 Å². The predicted octanol–water partition coefficient (Wildman–Crippen LogP) is 0.557. The first kappa shape index (κ1) is 7.74. The Morgan fingerprint density at radius 3 is 1.88 bits per heavy atom. The van der Waals surface area contributed by atoms with Crippen LogP contribution >= 0.6 is 22.6 Å². The Bertz CT molecular complexity index is 136. The average molecular weight is 225 g/mol. The quantitative estimate of drug-likeness (QED) is 0.323. The fourth-order valence-corrected chi connectivity index (χ4v) is 0.518. The maximum Gasteiger partial charge on any atom is 0.243 e. The summed E-state index contributed by atoms with van der Waals surface area (Å²) in [6.07, 6.45) is 0. The van der Waals surface area contributed by atoms with E-state index in [2.05, 4.69) is 0 Å². The van der Waals surface area contributed by atoms with Gasteiger partial charge in [-0.15, -0.1) is 0 Å². The molecular formula is C4H4INO2. The monoisotopic (exact) mass is 225 g/mol. The van der Waals surface area contributed by atoms with Crippen molar-refractivity contribution in [3.63, 3.8) is 0 Å². The molecule has 0 saturated heterocycles. The predicted molar refractivity (Wildman–Crippen MR) is 37.4 cm³/mol. The first-order valence-electron chi connectivity index (χ1n) is 1.85. The van der Waals surface area contributed by atoms with Crippen LogP contribution in [0.2, 0.25) is 0 Å². The van der Waals surface area contributed by atoms with Crippen molar-refractivity contribution in [2.75, 3.05) is 0 Å². The summed E-state index contributed by atoms with van der Waals surface area (Å²) < 4.78 is -0.505. The largest absolute Gasteiger partial charge is 0.293 e. The minimum Gasteiger partial charge on any atom is -0.293 e. The molecule has 0 bridgehead atoms. The van der Waals surface area contributed by atoms with Crippen LogP contribution in [0.1, 0.15) is 6.92 Å². The first-order valence-corrected chi connectivity index (χ1v) is 2.93. The number of hydrogen-bond donors (Lipinski definition) is 1. The summed E-state index contributed by atoms with van der Waals surface area (Å²) in [7, 11) is 0. The lowest BCUT2D eigenvalue weighted by molar-refractivity contribution is -0.112.